The first-order valence-electron chi connectivity index (χ1n) is 8.18. The molecule has 27 heavy (non-hydrogen) atoms. The van der Waals surface area contributed by atoms with Crippen LogP contribution < -0.4 is 0 Å². The number of aliphatic hydroxyl groups excluding tert-OH is 2. The molecule has 0 saturated heterocycles. The molecule has 1 radical (unpaired) electrons. The molecule has 0 fully saturated rings. The van der Waals surface area contributed by atoms with Crippen LogP contribution in [0.15, 0.2) is 72.2 Å². The van der Waals surface area contributed by atoms with Crippen molar-refractivity contribution >= 4 is 22.7 Å². The van der Waals surface area contributed by atoms with Crippen molar-refractivity contribution in [2.75, 3.05) is 0 Å². The number of ketones is 2. The summed E-state index contributed by atoms with van der Waals surface area (Å²) in [6.07, 6.45) is 0. The standard InChI is InChI=1S/2C11H12O2.Co/c2*1-8(12)11(9(2)13)10-6-4-3-5-7-10;/h2*3-7,12H,1-2H3;/b2*11-8+;. The van der Waals surface area contributed by atoms with Crippen LogP contribution in [-0.4, -0.2) is 21.8 Å². The molecule has 0 heterocycles. The topological polar surface area (TPSA) is 74.6 Å². The zero-order valence-electron chi connectivity index (χ0n) is 15.8. The Kier molecular flexibility index (Phi) is 10.7. The number of Topliss-reactive ketones (excluding diaryl/α,β-unsaturated/α-hetero) is 2. The van der Waals surface area contributed by atoms with Crippen molar-refractivity contribution in [1.29, 1.82) is 0 Å². The van der Waals surface area contributed by atoms with Gasteiger partial charge in [-0.05, 0) is 38.8 Å². The van der Waals surface area contributed by atoms with E-state index in [1.807, 2.05) is 36.4 Å². The van der Waals surface area contributed by atoms with Crippen LogP contribution in [0.1, 0.15) is 38.8 Å². The van der Waals surface area contributed by atoms with Crippen LogP contribution >= 0.6 is 0 Å². The molecule has 5 heteroatoms. The van der Waals surface area contributed by atoms with Gasteiger partial charge in [-0.2, -0.15) is 0 Å². The maximum absolute atomic E-state index is 11.2. The van der Waals surface area contributed by atoms with Crippen molar-refractivity contribution in [2.24, 2.45) is 0 Å². The molecule has 2 aromatic rings. The summed E-state index contributed by atoms with van der Waals surface area (Å²) in [6, 6.07) is 18.3. The number of hydrogen-bond donors (Lipinski definition) is 2. The van der Waals surface area contributed by atoms with E-state index in [2.05, 4.69) is 0 Å². The van der Waals surface area contributed by atoms with Crippen molar-refractivity contribution < 1.29 is 36.6 Å². The van der Waals surface area contributed by atoms with Gasteiger partial charge < -0.3 is 10.2 Å². The van der Waals surface area contributed by atoms with Gasteiger partial charge in [0, 0.05) is 16.8 Å². The number of allylic oxidation sites excluding steroid dienone is 4. The number of rotatable bonds is 4. The Morgan fingerprint density at radius 3 is 1.04 bits per heavy atom. The zero-order chi connectivity index (χ0) is 19.7. The van der Waals surface area contributed by atoms with Gasteiger partial charge in [0.15, 0.2) is 11.6 Å². The van der Waals surface area contributed by atoms with Gasteiger partial charge in [0.2, 0.25) is 0 Å². The molecule has 0 unspecified atom stereocenters. The largest absolute Gasteiger partial charge is 0.512 e. The molecule has 0 aromatic heterocycles. The predicted molar refractivity (Wildman–Crippen MR) is 105 cm³/mol. The average molecular weight is 411 g/mol. The average Bonchev–Trinajstić information content (AvgIpc) is 2.56. The number of carbonyl (C=O) groups excluding carboxylic acids is 2. The van der Waals surface area contributed by atoms with Crippen LogP contribution in [-0.2, 0) is 26.4 Å². The fourth-order valence-corrected chi connectivity index (χ4v) is 2.54. The van der Waals surface area contributed by atoms with Crippen molar-refractivity contribution in [3.63, 3.8) is 0 Å². The van der Waals surface area contributed by atoms with Crippen molar-refractivity contribution in [3.8, 4) is 0 Å². The van der Waals surface area contributed by atoms with Crippen molar-refractivity contribution in [2.45, 2.75) is 27.7 Å². The Morgan fingerprint density at radius 1 is 0.593 bits per heavy atom. The van der Waals surface area contributed by atoms with Crippen LogP contribution in [0, 0.1) is 0 Å². The van der Waals surface area contributed by atoms with Gasteiger partial charge in [-0.3, -0.25) is 9.59 Å². The Labute approximate surface area is 170 Å². The summed E-state index contributed by atoms with van der Waals surface area (Å²) in [7, 11) is 0. The first kappa shape index (κ1) is 24.4. The van der Waals surface area contributed by atoms with Crippen LogP contribution in [0.2, 0.25) is 0 Å². The number of carbonyl (C=O) groups is 2. The predicted octanol–water partition coefficient (Wildman–Crippen LogP) is 5.13. The van der Waals surface area contributed by atoms with Gasteiger partial charge in [0.1, 0.15) is 11.5 Å². The van der Waals surface area contributed by atoms with Crippen LogP contribution in [0.5, 0.6) is 0 Å². The molecule has 145 valence electrons. The quantitative estimate of drug-likeness (QED) is 0.541. The van der Waals surface area contributed by atoms with Gasteiger partial charge in [-0.15, -0.1) is 0 Å². The van der Waals surface area contributed by atoms with Crippen LogP contribution in [0.3, 0.4) is 0 Å². The summed E-state index contributed by atoms with van der Waals surface area (Å²) < 4.78 is 0. The monoisotopic (exact) mass is 411 g/mol. The zero-order valence-corrected chi connectivity index (χ0v) is 16.9. The molecule has 0 spiro atoms. The molecule has 2 aromatic carbocycles. The minimum atomic E-state index is -0.119. The third-order valence-electron chi connectivity index (χ3n) is 3.55. The molecule has 4 nitrogen and oxygen atoms in total. The summed E-state index contributed by atoms with van der Waals surface area (Å²) in [6.45, 7) is 5.93. The van der Waals surface area contributed by atoms with E-state index in [1.165, 1.54) is 27.7 Å². The fourth-order valence-electron chi connectivity index (χ4n) is 2.54. The Bertz CT molecular complexity index is 742. The molecule has 0 bridgehead atoms. The van der Waals surface area contributed by atoms with Crippen LogP contribution in [0.25, 0.3) is 11.1 Å². The van der Waals surface area contributed by atoms with Gasteiger partial charge in [-0.25, -0.2) is 0 Å². The van der Waals surface area contributed by atoms with E-state index in [9.17, 15) is 19.8 Å². The maximum Gasteiger partial charge on any atom is 0.163 e. The summed E-state index contributed by atoms with van der Waals surface area (Å²) >= 11 is 0. The molecule has 0 aliphatic rings. The molecule has 2 rings (SSSR count). The summed E-state index contributed by atoms with van der Waals surface area (Å²) in [5.41, 5.74) is 2.30. The second kappa shape index (κ2) is 11.9. The maximum atomic E-state index is 11.2. The minimum Gasteiger partial charge on any atom is -0.512 e. The number of aliphatic hydroxyl groups is 2. The van der Waals surface area contributed by atoms with E-state index in [0.29, 0.717) is 11.1 Å². The Hall–Kier alpha value is -2.63. The number of hydrogen-bond acceptors (Lipinski definition) is 4. The normalized spacial score (nSPS) is 11.7. The first-order chi connectivity index (χ1) is 12.3. The van der Waals surface area contributed by atoms with Gasteiger partial charge in [0.25, 0.3) is 0 Å². The van der Waals surface area contributed by atoms with E-state index in [4.69, 9.17) is 0 Å². The molecule has 0 saturated carbocycles. The molecule has 0 amide bonds. The molecule has 0 aliphatic carbocycles. The molecule has 2 N–H and O–H groups in total. The Morgan fingerprint density at radius 2 is 0.852 bits per heavy atom. The smallest absolute Gasteiger partial charge is 0.163 e. The second-order valence-electron chi connectivity index (χ2n) is 5.77. The van der Waals surface area contributed by atoms with Crippen molar-refractivity contribution in [3.05, 3.63) is 83.3 Å². The van der Waals surface area contributed by atoms with Crippen LogP contribution in [0.4, 0.5) is 0 Å². The molecule has 0 atom stereocenters. The van der Waals surface area contributed by atoms with E-state index < -0.39 is 0 Å². The SMILES string of the molecule is CC(=O)/C(=C(/C)O)c1ccccc1.CC(=O)/C(=C(/C)O)c1ccccc1.[Co]. The third-order valence-corrected chi connectivity index (χ3v) is 3.55. The first-order valence-corrected chi connectivity index (χ1v) is 8.18. The summed E-state index contributed by atoms with van der Waals surface area (Å²) in [5.74, 6) is -0.102. The van der Waals surface area contributed by atoms with Crippen molar-refractivity contribution in [1.82, 2.24) is 0 Å². The van der Waals surface area contributed by atoms with E-state index in [0.717, 1.165) is 11.1 Å². The van der Waals surface area contributed by atoms with Gasteiger partial charge in [0.05, 0.1) is 11.1 Å². The minimum absolute atomic E-state index is 0. The number of benzene rings is 2. The molecular formula is C22H24CoO4. The fraction of sp³-hybridized carbons (Fsp3) is 0.182. The third kappa shape index (κ3) is 7.64. The Balaban J connectivity index is 0.000000483. The summed E-state index contributed by atoms with van der Waals surface area (Å²) in [5, 5.41) is 18.6. The second-order valence-corrected chi connectivity index (χ2v) is 5.77. The molecule has 0 aliphatic heterocycles. The van der Waals surface area contributed by atoms with Gasteiger partial charge in [-0.1, -0.05) is 60.7 Å². The van der Waals surface area contributed by atoms with Gasteiger partial charge >= 0.3 is 0 Å². The summed E-state index contributed by atoms with van der Waals surface area (Å²) in [4.78, 5) is 22.3. The van der Waals surface area contributed by atoms with E-state index in [1.54, 1.807) is 24.3 Å². The van der Waals surface area contributed by atoms with E-state index in [-0.39, 0.29) is 39.9 Å². The van der Waals surface area contributed by atoms with E-state index >= 15 is 0 Å². The molecular weight excluding hydrogens is 387 g/mol.